The van der Waals surface area contributed by atoms with E-state index in [-0.39, 0.29) is 5.56 Å². The molecule has 7 nitrogen and oxygen atoms in total. The van der Waals surface area contributed by atoms with Gasteiger partial charge in [0.15, 0.2) is 6.61 Å². The molecule has 2 N–H and O–H groups in total. The molecule has 3 amide bonds. The number of rotatable bonds is 8. The molecule has 1 aromatic rings. The predicted molar refractivity (Wildman–Crippen MR) is 94.7 cm³/mol. The van der Waals surface area contributed by atoms with Gasteiger partial charge in [-0.05, 0) is 24.5 Å². The average Bonchev–Trinajstić information content (AvgIpc) is 2.58. The number of carbonyl (C=O) groups excluding carboxylic acids is 3. The van der Waals surface area contributed by atoms with E-state index in [1.807, 2.05) is 13.8 Å². The molecule has 0 radical (unpaired) electrons. The Hall–Kier alpha value is -2.22. The molecule has 0 aliphatic carbocycles. The second-order valence-corrected chi connectivity index (χ2v) is 7.40. The van der Waals surface area contributed by atoms with Gasteiger partial charge in [0.2, 0.25) is 0 Å². The van der Waals surface area contributed by atoms with Crippen molar-refractivity contribution in [1.29, 1.82) is 0 Å². The number of hydrogen-bond acceptors (Lipinski definition) is 5. The monoisotopic (exact) mass is 368 g/mol. The van der Waals surface area contributed by atoms with Crippen molar-refractivity contribution in [2.24, 2.45) is 5.92 Å². The number of carbonyl (C=O) groups is 3. The van der Waals surface area contributed by atoms with Crippen LogP contribution in [0, 0.1) is 5.92 Å². The van der Waals surface area contributed by atoms with Crippen molar-refractivity contribution < 1.29 is 23.3 Å². The number of nitrogens with one attached hydrogen (secondary N) is 2. The Morgan fingerprint density at radius 1 is 1.20 bits per heavy atom. The summed E-state index contributed by atoms with van der Waals surface area (Å²) < 4.78 is 16.8. The minimum absolute atomic E-state index is 0.150. The van der Waals surface area contributed by atoms with E-state index in [0.717, 1.165) is 6.42 Å². The molecule has 25 heavy (non-hydrogen) atoms. The summed E-state index contributed by atoms with van der Waals surface area (Å²) in [6.07, 6.45) is 0.794. The highest BCUT2D eigenvalue weighted by molar-refractivity contribution is 7.85. The third-order valence-electron chi connectivity index (χ3n) is 3.21. The van der Waals surface area contributed by atoms with Crippen molar-refractivity contribution >= 4 is 28.7 Å². The first-order valence-electron chi connectivity index (χ1n) is 8.07. The standard InChI is InChI=1S/C17H24N2O5S/c1-4-25(23)14-8-6-5-7-13(14)16(21)24-11-15(20)19-17(22)18-10-9-12(2)3/h5-8,12H,4,9-11H2,1-3H3,(H2,18,19,20,22)/t25-/m1/s1. The van der Waals surface area contributed by atoms with Gasteiger partial charge in [-0.2, -0.15) is 0 Å². The number of amides is 3. The Morgan fingerprint density at radius 3 is 2.52 bits per heavy atom. The molecular formula is C17H24N2O5S. The lowest BCUT2D eigenvalue weighted by Gasteiger charge is -2.10. The Labute approximate surface area is 150 Å². The molecule has 0 saturated heterocycles. The first kappa shape index (κ1) is 20.8. The minimum Gasteiger partial charge on any atom is -0.452 e. The topological polar surface area (TPSA) is 102 Å². The first-order valence-corrected chi connectivity index (χ1v) is 9.39. The fraction of sp³-hybridized carbons (Fsp3) is 0.471. The van der Waals surface area contributed by atoms with Crippen molar-refractivity contribution in [3.63, 3.8) is 0 Å². The maximum absolute atomic E-state index is 12.1. The van der Waals surface area contributed by atoms with Gasteiger partial charge >= 0.3 is 12.0 Å². The van der Waals surface area contributed by atoms with Gasteiger partial charge in [-0.25, -0.2) is 9.59 Å². The highest BCUT2D eigenvalue weighted by atomic mass is 32.2. The minimum atomic E-state index is -1.32. The van der Waals surface area contributed by atoms with E-state index in [1.54, 1.807) is 25.1 Å². The van der Waals surface area contributed by atoms with Crippen molar-refractivity contribution in [2.75, 3.05) is 18.9 Å². The summed E-state index contributed by atoms with van der Waals surface area (Å²) in [4.78, 5) is 35.6. The quantitative estimate of drug-likeness (QED) is 0.682. The first-order chi connectivity index (χ1) is 11.8. The van der Waals surface area contributed by atoms with Gasteiger partial charge < -0.3 is 10.1 Å². The normalized spacial score (nSPS) is 11.7. The van der Waals surface area contributed by atoms with Gasteiger partial charge in [-0.15, -0.1) is 0 Å². The molecule has 1 rings (SSSR count). The molecule has 0 spiro atoms. The molecule has 0 aromatic heterocycles. The summed E-state index contributed by atoms with van der Waals surface area (Å²) in [5.74, 6) is -0.690. The van der Waals surface area contributed by atoms with Gasteiger partial charge in [0.1, 0.15) is 0 Å². The Kier molecular flexibility index (Phi) is 8.83. The van der Waals surface area contributed by atoms with E-state index in [1.165, 1.54) is 6.07 Å². The molecule has 0 fully saturated rings. The zero-order valence-corrected chi connectivity index (χ0v) is 15.5. The SMILES string of the molecule is CC[S@@](=O)c1ccccc1C(=O)OCC(=O)NC(=O)NCCC(C)C. The van der Waals surface area contributed by atoms with E-state index < -0.39 is 35.3 Å². The van der Waals surface area contributed by atoms with E-state index in [9.17, 15) is 18.6 Å². The van der Waals surface area contributed by atoms with Crippen molar-refractivity contribution in [1.82, 2.24) is 10.6 Å². The zero-order chi connectivity index (χ0) is 18.8. The third kappa shape index (κ3) is 7.47. The lowest BCUT2D eigenvalue weighted by atomic mass is 10.1. The predicted octanol–water partition coefficient (Wildman–Crippen LogP) is 1.84. The van der Waals surface area contributed by atoms with Crippen molar-refractivity contribution in [3.8, 4) is 0 Å². The number of urea groups is 1. The zero-order valence-electron chi connectivity index (χ0n) is 14.7. The van der Waals surface area contributed by atoms with E-state index in [4.69, 9.17) is 4.74 Å². The van der Waals surface area contributed by atoms with Gasteiger partial charge in [0.05, 0.1) is 21.3 Å². The van der Waals surface area contributed by atoms with Crippen LogP contribution in [0.2, 0.25) is 0 Å². The van der Waals surface area contributed by atoms with Crippen LogP contribution in [0.15, 0.2) is 29.2 Å². The number of hydrogen-bond donors (Lipinski definition) is 2. The van der Waals surface area contributed by atoms with Gasteiger partial charge in [0.25, 0.3) is 5.91 Å². The maximum atomic E-state index is 12.1. The van der Waals surface area contributed by atoms with Crippen LogP contribution in [-0.2, 0) is 20.3 Å². The maximum Gasteiger partial charge on any atom is 0.339 e. The lowest BCUT2D eigenvalue weighted by molar-refractivity contribution is -0.123. The van der Waals surface area contributed by atoms with Crippen molar-refractivity contribution in [2.45, 2.75) is 32.1 Å². The summed E-state index contributed by atoms with van der Waals surface area (Å²) in [5, 5.41) is 4.63. The Morgan fingerprint density at radius 2 is 1.88 bits per heavy atom. The molecule has 0 unspecified atom stereocenters. The summed E-state index contributed by atoms with van der Waals surface area (Å²) in [6, 6.07) is 5.73. The average molecular weight is 368 g/mol. The van der Waals surface area contributed by atoms with Gasteiger partial charge in [-0.3, -0.25) is 14.3 Å². The molecule has 0 heterocycles. The summed E-state index contributed by atoms with van der Waals surface area (Å²) >= 11 is 0. The second kappa shape index (κ2) is 10.6. The molecule has 0 aliphatic rings. The number of esters is 1. The number of ether oxygens (including phenoxy) is 1. The summed E-state index contributed by atoms with van der Waals surface area (Å²) in [7, 11) is -1.32. The highest BCUT2D eigenvalue weighted by Gasteiger charge is 2.17. The molecule has 0 saturated carbocycles. The van der Waals surface area contributed by atoms with Gasteiger partial charge in [0, 0.05) is 12.3 Å². The number of benzene rings is 1. The van der Waals surface area contributed by atoms with Crippen LogP contribution in [0.4, 0.5) is 4.79 Å². The van der Waals surface area contributed by atoms with E-state index in [0.29, 0.717) is 23.1 Å². The van der Waals surface area contributed by atoms with E-state index >= 15 is 0 Å². The number of imide groups is 1. The lowest BCUT2D eigenvalue weighted by Crippen LogP contribution is -2.42. The third-order valence-corrected chi connectivity index (χ3v) is 4.58. The molecular weight excluding hydrogens is 344 g/mol. The molecule has 0 bridgehead atoms. The van der Waals surface area contributed by atoms with Crippen LogP contribution in [0.5, 0.6) is 0 Å². The fourth-order valence-electron chi connectivity index (χ4n) is 1.88. The molecule has 1 aromatic carbocycles. The molecule has 138 valence electrons. The second-order valence-electron chi connectivity index (χ2n) is 5.69. The van der Waals surface area contributed by atoms with Gasteiger partial charge in [-0.1, -0.05) is 32.9 Å². The largest absolute Gasteiger partial charge is 0.452 e. The van der Waals surface area contributed by atoms with Crippen LogP contribution >= 0.6 is 0 Å². The van der Waals surface area contributed by atoms with Crippen LogP contribution in [-0.4, -0.2) is 41.0 Å². The Bertz CT molecular complexity index is 646. The van der Waals surface area contributed by atoms with Crippen LogP contribution in [0.1, 0.15) is 37.6 Å². The smallest absolute Gasteiger partial charge is 0.339 e. The van der Waals surface area contributed by atoms with Crippen molar-refractivity contribution in [3.05, 3.63) is 29.8 Å². The Balaban J connectivity index is 2.50. The molecule has 1 atom stereocenters. The van der Waals surface area contributed by atoms with Crippen LogP contribution < -0.4 is 10.6 Å². The highest BCUT2D eigenvalue weighted by Crippen LogP contribution is 2.15. The van der Waals surface area contributed by atoms with Crippen LogP contribution in [0.3, 0.4) is 0 Å². The van der Waals surface area contributed by atoms with Crippen LogP contribution in [0.25, 0.3) is 0 Å². The fourth-order valence-corrected chi connectivity index (χ4v) is 2.82. The summed E-state index contributed by atoms with van der Waals surface area (Å²) in [5.41, 5.74) is 0.150. The summed E-state index contributed by atoms with van der Waals surface area (Å²) in [6.45, 7) is 5.64. The van der Waals surface area contributed by atoms with E-state index in [2.05, 4.69) is 10.6 Å². The molecule has 0 aliphatic heterocycles. The molecule has 8 heteroatoms.